The first-order chi connectivity index (χ1) is 5.77. The molecule has 0 fully saturated rings. The third-order valence-corrected chi connectivity index (χ3v) is 1.61. The summed E-state index contributed by atoms with van der Waals surface area (Å²) in [4.78, 5) is 16.6. The molecule has 0 bridgehead atoms. The van der Waals surface area contributed by atoms with E-state index >= 15 is 0 Å². The lowest BCUT2D eigenvalue weighted by atomic mass is 10.3. The lowest BCUT2D eigenvalue weighted by molar-refractivity contribution is -0.384. The highest BCUT2D eigenvalue weighted by Crippen LogP contribution is 2.16. The molecule has 1 N–H and O–H groups in total. The van der Waals surface area contributed by atoms with Crippen LogP contribution in [0.15, 0.2) is 24.5 Å². The second-order valence-electron chi connectivity index (χ2n) is 2.36. The van der Waals surface area contributed by atoms with Crippen molar-refractivity contribution in [2.24, 2.45) is 0 Å². The molecule has 1 heterocycles. The molecule has 1 aromatic carbocycles. The molecule has 0 aliphatic heterocycles. The molecular weight excluding hydrogens is 170 g/mol. The summed E-state index contributed by atoms with van der Waals surface area (Å²) in [5.74, 6) is 0. The van der Waals surface area contributed by atoms with Gasteiger partial charge in [0.05, 0.1) is 22.3 Å². The number of benzene rings is 1. The van der Waals surface area contributed by atoms with Crippen LogP contribution < -0.4 is 0 Å². The molecule has 0 spiro atoms. The molecule has 0 unspecified atom stereocenters. The highest BCUT2D eigenvalue weighted by atomic mass is 16.6. The van der Waals surface area contributed by atoms with E-state index in [9.17, 15) is 10.1 Å². The van der Waals surface area contributed by atoms with E-state index in [-0.39, 0.29) is 13.1 Å². The average molecular weight is 179 g/mol. The van der Waals surface area contributed by atoms with E-state index in [1.807, 2.05) is 0 Å². The van der Waals surface area contributed by atoms with E-state index < -0.39 is 4.92 Å². The second-order valence-corrected chi connectivity index (χ2v) is 2.36. The number of non-ortho nitro benzene ring substituents is 1. The van der Waals surface area contributed by atoms with Crippen molar-refractivity contribution in [3.05, 3.63) is 34.6 Å². The molecule has 5 nitrogen and oxygen atoms in total. The number of nitrogens with one attached hydrogen (secondary N) is 1. The van der Waals surface area contributed by atoms with Crippen LogP contribution in [-0.2, 0) is 0 Å². The monoisotopic (exact) mass is 179 g/mol. The molecule has 2 aromatic rings. The van der Waals surface area contributed by atoms with Gasteiger partial charge in [-0.25, -0.2) is 4.98 Å². The van der Waals surface area contributed by atoms with Gasteiger partial charge in [-0.1, -0.05) is 7.43 Å². The number of nitro benzene ring substituents is 1. The van der Waals surface area contributed by atoms with E-state index in [4.69, 9.17) is 0 Å². The SMILES string of the molecule is C.O=[N+]([O-])c1ccc2nc[nH]c2c1. The fourth-order valence-electron chi connectivity index (χ4n) is 1.04. The fourth-order valence-corrected chi connectivity index (χ4v) is 1.04. The maximum Gasteiger partial charge on any atom is 0.271 e. The zero-order valence-electron chi connectivity index (χ0n) is 6.02. The molecule has 0 aliphatic rings. The number of nitrogens with zero attached hydrogens (tertiary/aromatic N) is 2. The Balaban J connectivity index is 0.000000845. The van der Waals surface area contributed by atoms with Crippen LogP contribution in [-0.4, -0.2) is 14.9 Å². The maximum absolute atomic E-state index is 10.3. The average Bonchev–Trinajstić information content (AvgIpc) is 2.49. The Morgan fingerprint density at radius 1 is 1.46 bits per heavy atom. The summed E-state index contributed by atoms with van der Waals surface area (Å²) < 4.78 is 0. The van der Waals surface area contributed by atoms with Gasteiger partial charge in [-0.15, -0.1) is 0 Å². The maximum atomic E-state index is 10.3. The summed E-state index contributed by atoms with van der Waals surface area (Å²) in [6, 6.07) is 4.51. The van der Waals surface area contributed by atoms with Crippen molar-refractivity contribution >= 4 is 16.7 Å². The van der Waals surface area contributed by atoms with Gasteiger partial charge in [0.15, 0.2) is 0 Å². The van der Waals surface area contributed by atoms with Crippen LogP contribution in [0.5, 0.6) is 0 Å². The van der Waals surface area contributed by atoms with E-state index in [1.165, 1.54) is 18.5 Å². The van der Waals surface area contributed by atoms with Crippen LogP contribution in [0.4, 0.5) is 5.69 Å². The van der Waals surface area contributed by atoms with Gasteiger partial charge < -0.3 is 4.98 Å². The van der Waals surface area contributed by atoms with E-state index in [1.54, 1.807) is 6.07 Å². The zero-order chi connectivity index (χ0) is 8.55. The molecule has 5 heteroatoms. The van der Waals surface area contributed by atoms with Crippen LogP contribution in [0, 0.1) is 10.1 Å². The van der Waals surface area contributed by atoms with E-state index in [0.29, 0.717) is 5.52 Å². The number of imidazole rings is 1. The van der Waals surface area contributed by atoms with Gasteiger partial charge >= 0.3 is 0 Å². The summed E-state index contributed by atoms with van der Waals surface area (Å²) in [5, 5.41) is 10.3. The Bertz CT molecular complexity index is 436. The number of hydrogen-bond donors (Lipinski definition) is 1. The number of fused-ring (bicyclic) bond motifs is 1. The number of hydrogen-bond acceptors (Lipinski definition) is 3. The minimum absolute atomic E-state index is 0. The quantitative estimate of drug-likeness (QED) is 0.538. The molecule has 0 atom stereocenters. The minimum Gasteiger partial charge on any atom is -0.344 e. The smallest absolute Gasteiger partial charge is 0.271 e. The predicted molar refractivity (Wildman–Crippen MR) is 49.5 cm³/mol. The second kappa shape index (κ2) is 3.22. The van der Waals surface area contributed by atoms with Gasteiger partial charge in [0, 0.05) is 12.1 Å². The van der Waals surface area contributed by atoms with Crippen LogP contribution in [0.1, 0.15) is 7.43 Å². The number of aromatic nitrogens is 2. The first-order valence-electron chi connectivity index (χ1n) is 3.35. The van der Waals surface area contributed by atoms with Crippen molar-refractivity contribution in [1.29, 1.82) is 0 Å². The third kappa shape index (κ3) is 1.48. The normalized spacial score (nSPS) is 9.54. The van der Waals surface area contributed by atoms with Gasteiger partial charge in [-0.3, -0.25) is 10.1 Å². The topological polar surface area (TPSA) is 71.8 Å². The summed E-state index contributed by atoms with van der Waals surface area (Å²) in [5.41, 5.74) is 1.50. The highest BCUT2D eigenvalue weighted by molar-refractivity contribution is 5.76. The molecule has 1 aromatic heterocycles. The molecule has 0 radical (unpaired) electrons. The molecule has 2 rings (SSSR count). The summed E-state index contributed by atoms with van der Waals surface area (Å²) in [6.45, 7) is 0. The van der Waals surface area contributed by atoms with Crippen LogP contribution >= 0.6 is 0 Å². The minimum atomic E-state index is -0.430. The fraction of sp³-hybridized carbons (Fsp3) is 0.125. The first-order valence-corrected chi connectivity index (χ1v) is 3.35. The highest BCUT2D eigenvalue weighted by Gasteiger charge is 2.05. The Hall–Kier alpha value is -1.91. The van der Waals surface area contributed by atoms with Gasteiger partial charge in [-0.05, 0) is 6.07 Å². The summed E-state index contributed by atoms with van der Waals surface area (Å²) in [6.07, 6.45) is 1.51. The Kier molecular flexibility index (Phi) is 2.27. The van der Waals surface area contributed by atoms with Crippen LogP contribution in [0.2, 0.25) is 0 Å². The number of nitro groups is 1. The molecule has 0 saturated heterocycles. The van der Waals surface area contributed by atoms with Crippen LogP contribution in [0.25, 0.3) is 11.0 Å². The van der Waals surface area contributed by atoms with Crippen LogP contribution in [0.3, 0.4) is 0 Å². The summed E-state index contributed by atoms with van der Waals surface area (Å²) in [7, 11) is 0. The van der Waals surface area contributed by atoms with E-state index in [0.717, 1.165) is 5.52 Å². The predicted octanol–water partition coefficient (Wildman–Crippen LogP) is 2.11. The van der Waals surface area contributed by atoms with Gasteiger partial charge in [-0.2, -0.15) is 0 Å². The van der Waals surface area contributed by atoms with Crippen molar-refractivity contribution in [2.75, 3.05) is 0 Å². The third-order valence-electron chi connectivity index (χ3n) is 1.61. The number of aromatic amines is 1. The number of rotatable bonds is 1. The van der Waals surface area contributed by atoms with Gasteiger partial charge in [0.2, 0.25) is 0 Å². The van der Waals surface area contributed by atoms with E-state index in [2.05, 4.69) is 9.97 Å². The number of H-pyrrole nitrogens is 1. The Morgan fingerprint density at radius 3 is 2.92 bits per heavy atom. The molecule has 13 heavy (non-hydrogen) atoms. The van der Waals surface area contributed by atoms with Gasteiger partial charge in [0.25, 0.3) is 5.69 Å². The summed E-state index contributed by atoms with van der Waals surface area (Å²) >= 11 is 0. The zero-order valence-corrected chi connectivity index (χ0v) is 6.02. The Labute approximate surface area is 74.6 Å². The Morgan fingerprint density at radius 2 is 2.23 bits per heavy atom. The molecule has 0 aliphatic carbocycles. The van der Waals surface area contributed by atoms with Crippen molar-refractivity contribution in [2.45, 2.75) is 7.43 Å². The van der Waals surface area contributed by atoms with Crippen molar-refractivity contribution < 1.29 is 4.92 Å². The van der Waals surface area contributed by atoms with Crippen molar-refractivity contribution in [1.82, 2.24) is 9.97 Å². The van der Waals surface area contributed by atoms with Crippen molar-refractivity contribution in [3.63, 3.8) is 0 Å². The lowest BCUT2D eigenvalue weighted by Gasteiger charge is -1.89. The lowest BCUT2D eigenvalue weighted by Crippen LogP contribution is -1.86. The largest absolute Gasteiger partial charge is 0.344 e. The van der Waals surface area contributed by atoms with Gasteiger partial charge in [0.1, 0.15) is 0 Å². The molecular formula is C8H9N3O2. The molecule has 0 amide bonds. The molecule has 0 saturated carbocycles. The standard InChI is InChI=1S/C7H5N3O2.CH4/c11-10(12)5-1-2-6-7(3-5)9-4-8-6;/h1-4H,(H,8,9);1H4. The van der Waals surface area contributed by atoms with Crippen molar-refractivity contribution in [3.8, 4) is 0 Å². The first kappa shape index (κ1) is 9.18. The molecule has 68 valence electrons.